The van der Waals surface area contributed by atoms with Crippen LogP contribution in [0.4, 0.5) is 0 Å². The summed E-state index contributed by atoms with van der Waals surface area (Å²) in [7, 11) is 0. The Labute approximate surface area is 95.8 Å². The fraction of sp³-hybridized carbons (Fsp3) is 0.909. The highest BCUT2D eigenvalue weighted by Crippen LogP contribution is 2.09. The summed E-state index contributed by atoms with van der Waals surface area (Å²) < 4.78 is 5.23. The standard InChI is InChI=1S/C11H20N2O3/c14-10-1-4-13(7-10)8-11(15)12-9-2-5-16-6-3-9/h9-10,14H,1-8H2,(H,12,15)/t10-/m0/s1. The number of nitrogens with zero attached hydrogens (tertiary/aromatic N) is 1. The number of hydrogen-bond acceptors (Lipinski definition) is 4. The topological polar surface area (TPSA) is 61.8 Å². The van der Waals surface area contributed by atoms with E-state index in [4.69, 9.17) is 4.74 Å². The molecule has 2 aliphatic rings. The molecule has 2 heterocycles. The molecule has 0 saturated carbocycles. The monoisotopic (exact) mass is 228 g/mol. The number of carbonyl (C=O) groups is 1. The number of nitrogens with one attached hydrogen (secondary N) is 1. The average molecular weight is 228 g/mol. The zero-order chi connectivity index (χ0) is 11.4. The molecule has 0 spiro atoms. The van der Waals surface area contributed by atoms with Crippen LogP contribution >= 0.6 is 0 Å². The van der Waals surface area contributed by atoms with Crippen LogP contribution in [-0.2, 0) is 9.53 Å². The Morgan fingerprint density at radius 1 is 1.38 bits per heavy atom. The van der Waals surface area contributed by atoms with Gasteiger partial charge >= 0.3 is 0 Å². The predicted octanol–water partition coefficient (Wildman–Crippen LogP) is -0.652. The van der Waals surface area contributed by atoms with Crippen molar-refractivity contribution in [2.75, 3.05) is 32.8 Å². The van der Waals surface area contributed by atoms with E-state index in [0.29, 0.717) is 13.1 Å². The normalized spacial score (nSPS) is 28.2. The van der Waals surface area contributed by atoms with Gasteiger partial charge in [0, 0.05) is 32.3 Å². The summed E-state index contributed by atoms with van der Waals surface area (Å²) in [6.07, 6.45) is 2.35. The molecule has 2 N–H and O–H groups in total. The van der Waals surface area contributed by atoms with Crippen molar-refractivity contribution in [1.82, 2.24) is 10.2 Å². The van der Waals surface area contributed by atoms with Crippen LogP contribution in [0.2, 0.25) is 0 Å². The fourth-order valence-corrected chi connectivity index (χ4v) is 2.27. The molecule has 2 aliphatic heterocycles. The second kappa shape index (κ2) is 5.61. The van der Waals surface area contributed by atoms with Crippen molar-refractivity contribution in [3.05, 3.63) is 0 Å². The van der Waals surface area contributed by atoms with Crippen LogP contribution < -0.4 is 5.32 Å². The van der Waals surface area contributed by atoms with Crippen LogP contribution in [0.15, 0.2) is 0 Å². The minimum atomic E-state index is -0.254. The summed E-state index contributed by atoms with van der Waals surface area (Å²) in [5, 5.41) is 12.4. The van der Waals surface area contributed by atoms with Gasteiger partial charge in [0.05, 0.1) is 12.6 Å². The van der Waals surface area contributed by atoms with Gasteiger partial charge in [0.15, 0.2) is 0 Å². The number of hydrogen-bond donors (Lipinski definition) is 2. The van der Waals surface area contributed by atoms with E-state index in [1.54, 1.807) is 0 Å². The van der Waals surface area contributed by atoms with Gasteiger partial charge in [-0.1, -0.05) is 0 Å². The molecule has 0 aromatic carbocycles. The van der Waals surface area contributed by atoms with Crippen molar-refractivity contribution >= 4 is 5.91 Å². The number of carbonyl (C=O) groups excluding carboxylic acids is 1. The van der Waals surface area contributed by atoms with Crippen LogP contribution in [0.5, 0.6) is 0 Å². The zero-order valence-corrected chi connectivity index (χ0v) is 9.52. The summed E-state index contributed by atoms with van der Waals surface area (Å²) in [6.45, 7) is 3.35. The van der Waals surface area contributed by atoms with E-state index in [9.17, 15) is 9.90 Å². The number of rotatable bonds is 3. The molecule has 1 atom stereocenters. The van der Waals surface area contributed by atoms with E-state index in [1.807, 2.05) is 4.90 Å². The Morgan fingerprint density at radius 2 is 2.12 bits per heavy atom. The maximum atomic E-state index is 11.7. The third kappa shape index (κ3) is 3.43. The number of likely N-dealkylation sites (tertiary alicyclic amines) is 1. The highest BCUT2D eigenvalue weighted by molar-refractivity contribution is 5.78. The lowest BCUT2D eigenvalue weighted by Gasteiger charge is -2.24. The minimum absolute atomic E-state index is 0.0704. The second-order valence-corrected chi connectivity index (χ2v) is 4.63. The Bertz CT molecular complexity index is 233. The zero-order valence-electron chi connectivity index (χ0n) is 9.52. The van der Waals surface area contributed by atoms with E-state index >= 15 is 0 Å². The lowest BCUT2D eigenvalue weighted by atomic mass is 10.1. The summed E-state index contributed by atoms with van der Waals surface area (Å²) in [5.41, 5.74) is 0. The Hall–Kier alpha value is -0.650. The van der Waals surface area contributed by atoms with E-state index < -0.39 is 0 Å². The summed E-state index contributed by atoms with van der Waals surface area (Å²) in [4.78, 5) is 13.7. The first-order valence-electron chi connectivity index (χ1n) is 6.01. The van der Waals surface area contributed by atoms with Crippen molar-refractivity contribution in [2.24, 2.45) is 0 Å². The smallest absolute Gasteiger partial charge is 0.234 e. The molecule has 1 amide bonds. The Kier molecular flexibility index (Phi) is 4.15. The van der Waals surface area contributed by atoms with Gasteiger partial charge in [-0.15, -0.1) is 0 Å². The van der Waals surface area contributed by atoms with Gasteiger partial charge in [0.1, 0.15) is 0 Å². The first-order chi connectivity index (χ1) is 7.74. The Morgan fingerprint density at radius 3 is 2.75 bits per heavy atom. The second-order valence-electron chi connectivity index (χ2n) is 4.63. The maximum Gasteiger partial charge on any atom is 0.234 e. The molecule has 0 bridgehead atoms. The van der Waals surface area contributed by atoms with Gasteiger partial charge in [-0.25, -0.2) is 0 Å². The summed E-state index contributed by atoms with van der Waals surface area (Å²) >= 11 is 0. The van der Waals surface area contributed by atoms with Gasteiger partial charge in [0.25, 0.3) is 0 Å². The molecule has 2 fully saturated rings. The molecular formula is C11H20N2O3. The molecule has 2 saturated heterocycles. The van der Waals surface area contributed by atoms with Crippen LogP contribution in [-0.4, -0.2) is 60.9 Å². The largest absolute Gasteiger partial charge is 0.392 e. The molecule has 16 heavy (non-hydrogen) atoms. The molecule has 2 rings (SSSR count). The SMILES string of the molecule is O=C(CN1CC[C@H](O)C1)NC1CCOCC1. The third-order valence-electron chi connectivity index (χ3n) is 3.20. The number of ether oxygens (including phenoxy) is 1. The molecule has 5 heteroatoms. The van der Waals surface area contributed by atoms with Gasteiger partial charge in [-0.2, -0.15) is 0 Å². The highest BCUT2D eigenvalue weighted by Gasteiger charge is 2.23. The lowest BCUT2D eigenvalue weighted by molar-refractivity contribution is -0.123. The predicted molar refractivity (Wildman–Crippen MR) is 59.0 cm³/mol. The molecule has 92 valence electrons. The van der Waals surface area contributed by atoms with Crippen LogP contribution in [0.1, 0.15) is 19.3 Å². The minimum Gasteiger partial charge on any atom is -0.392 e. The summed E-state index contributed by atoms with van der Waals surface area (Å²) in [6, 6.07) is 0.272. The number of amides is 1. The van der Waals surface area contributed by atoms with Crippen LogP contribution in [0.3, 0.4) is 0 Å². The number of aliphatic hydroxyl groups is 1. The van der Waals surface area contributed by atoms with E-state index in [-0.39, 0.29) is 18.1 Å². The van der Waals surface area contributed by atoms with E-state index in [2.05, 4.69) is 5.32 Å². The quantitative estimate of drug-likeness (QED) is 0.674. The van der Waals surface area contributed by atoms with Crippen LogP contribution in [0, 0.1) is 0 Å². The van der Waals surface area contributed by atoms with Crippen molar-refractivity contribution in [1.29, 1.82) is 0 Å². The fourth-order valence-electron chi connectivity index (χ4n) is 2.27. The van der Waals surface area contributed by atoms with Crippen molar-refractivity contribution < 1.29 is 14.6 Å². The average Bonchev–Trinajstić information content (AvgIpc) is 2.65. The molecule has 0 aromatic heterocycles. The molecule has 5 nitrogen and oxygen atoms in total. The van der Waals surface area contributed by atoms with Gasteiger partial charge in [0.2, 0.25) is 5.91 Å². The van der Waals surface area contributed by atoms with Gasteiger partial charge in [-0.05, 0) is 19.3 Å². The molecule has 0 radical (unpaired) electrons. The molecule has 0 aliphatic carbocycles. The maximum absolute atomic E-state index is 11.7. The number of aliphatic hydroxyl groups excluding tert-OH is 1. The number of β-amino-alcohol motifs (C(OH)–C–C–N with tert-alkyl or cyclic N) is 1. The first kappa shape index (κ1) is 11.8. The highest BCUT2D eigenvalue weighted by atomic mass is 16.5. The molecular weight excluding hydrogens is 208 g/mol. The molecule has 0 unspecified atom stereocenters. The van der Waals surface area contributed by atoms with Gasteiger partial charge < -0.3 is 15.2 Å². The van der Waals surface area contributed by atoms with Gasteiger partial charge in [-0.3, -0.25) is 9.69 Å². The third-order valence-corrected chi connectivity index (χ3v) is 3.20. The van der Waals surface area contributed by atoms with Crippen molar-refractivity contribution in [3.8, 4) is 0 Å². The van der Waals surface area contributed by atoms with Crippen molar-refractivity contribution in [3.63, 3.8) is 0 Å². The molecule has 0 aromatic rings. The van der Waals surface area contributed by atoms with Crippen molar-refractivity contribution in [2.45, 2.75) is 31.4 Å². The van der Waals surface area contributed by atoms with Crippen LogP contribution in [0.25, 0.3) is 0 Å². The van der Waals surface area contributed by atoms with E-state index in [0.717, 1.165) is 39.0 Å². The summed E-state index contributed by atoms with van der Waals surface area (Å²) in [5.74, 6) is 0.0704. The van der Waals surface area contributed by atoms with E-state index in [1.165, 1.54) is 0 Å². The Balaban J connectivity index is 1.67. The lowest BCUT2D eigenvalue weighted by Crippen LogP contribution is -2.43. The first-order valence-corrected chi connectivity index (χ1v) is 6.01.